The van der Waals surface area contributed by atoms with Gasteiger partial charge >= 0.3 is 0 Å². The lowest BCUT2D eigenvalue weighted by Crippen LogP contribution is -2.48. The van der Waals surface area contributed by atoms with Gasteiger partial charge in [-0.25, -0.2) is 0 Å². The van der Waals surface area contributed by atoms with Crippen LogP contribution in [0.3, 0.4) is 0 Å². The molecular weight excluding hydrogens is 458 g/mol. The van der Waals surface area contributed by atoms with Crippen molar-refractivity contribution in [2.45, 2.75) is 39.3 Å². The first-order chi connectivity index (χ1) is 17.5. The van der Waals surface area contributed by atoms with Crippen LogP contribution < -0.4 is 5.56 Å². The van der Waals surface area contributed by atoms with Crippen molar-refractivity contribution in [3.63, 3.8) is 0 Å². The number of nitrogens with zero attached hydrogens (tertiary/aromatic N) is 4. The minimum absolute atomic E-state index is 0.0272. The summed E-state index contributed by atoms with van der Waals surface area (Å²) in [7, 11) is 0. The van der Waals surface area contributed by atoms with E-state index in [1.54, 1.807) is 6.20 Å². The molecule has 2 aliphatic rings. The van der Waals surface area contributed by atoms with E-state index in [0.717, 1.165) is 66.0 Å². The number of aromatic amines is 1. The van der Waals surface area contributed by atoms with Gasteiger partial charge in [-0.05, 0) is 56.5 Å². The smallest absolute Gasteiger partial charge is 0.259 e. The fourth-order valence-electron chi connectivity index (χ4n) is 5.50. The Morgan fingerprint density at radius 1 is 1.08 bits per heavy atom. The summed E-state index contributed by atoms with van der Waals surface area (Å²) in [5.41, 5.74) is 2.90. The Labute approximate surface area is 208 Å². The van der Waals surface area contributed by atoms with Crippen molar-refractivity contribution < 1.29 is 13.9 Å². The normalized spacial score (nSPS) is 17.9. The summed E-state index contributed by atoms with van der Waals surface area (Å²) in [6, 6.07) is 8.03. The molecule has 0 unspecified atom stereocenters. The van der Waals surface area contributed by atoms with Gasteiger partial charge in [-0.2, -0.15) is 5.10 Å². The van der Waals surface area contributed by atoms with E-state index in [9.17, 15) is 9.59 Å². The average molecular weight is 490 g/mol. The number of carbonyl (C=O) groups excluding carboxylic acids is 1. The lowest BCUT2D eigenvalue weighted by molar-refractivity contribution is 0.0619. The number of H-pyrrole nitrogens is 1. The predicted molar refractivity (Wildman–Crippen MR) is 136 cm³/mol. The fourth-order valence-corrected chi connectivity index (χ4v) is 5.50. The van der Waals surface area contributed by atoms with Gasteiger partial charge in [-0.3, -0.25) is 19.2 Å². The van der Waals surface area contributed by atoms with Gasteiger partial charge in [0.1, 0.15) is 11.5 Å². The summed E-state index contributed by atoms with van der Waals surface area (Å²) in [4.78, 5) is 33.7. The lowest BCUT2D eigenvalue weighted by atomic mass is 10.0. The van der Waals surface area contributed by atoms with Crippen molar-refractivity contribution >= 4 is 27.7 Å². The number of fused-ring (bicyclic) bond motifs is 3. The zero-order valence-corrected chi connectivity index (χ0v) is 20.7. The van der Waals surface area contributed by atoms with E-state index in [2.05, 4.69) is 15.0 Å². The van der Waals surface area contributed by atoms with Crippen LogP contribution in [0.25, 0.3) is 21.8 Å². The van der Waals surface area contributed by atoms with E-state index in [1.807, 2.05) is 47.7 Å². The lowest BCUT2D eigenvalue weighted by Gasteiger charge is -2.34. The average Bonchev–Trinajstić information content (AvgIpc) is 3.51. The molecule has 0 aliphatic carbocycles. The largest absolute Gasteiger partial charge is 0.465 e. The topological polar surface area (TPSA) is 96.6 Å². The van der Waals surface area contributed by atoms with Crippen LogP contribution in [0.4, 0.5) is 0 Å². The summed E-state index contributed by atoms with van der Waals surface area (Å²) in [6.45, 7) is 8.92. The highest BCUT2D eigenvalue weighted by Crippen LogP contribution is 2.30. The van der Waals surface area contributed by atoms with Crippen LogP contribution in [0, 0.1) is 13.8 Å². The number of hydrogen-bond acceptors (Lipinski definition) is 6. The number of carbonyl (C=O) groups is 1. The molecule has 1 aromatic carbocycles. The van der Waals surface area contributed by atoms with Crippen LogP contribution in [0.1, 0.15) is 46.3 Å². The molecule has 188 valence electrons. The van der Waals surface area contributed by atoms with Crippen molar-refractivity contribution in [2.75, 3.05) is 39.4 Å². The van der Waals surface area contributed by atoms with Crippen molar-refractivity contribution in [3.05, 3.63) is 63.5 Å². The highest BCUT2D eigenvalue weighted by molar-refractivity contribution is 6.07. The van der Waals surface area contributed by atoms with E-state index < -0.39 is 0 Å². The van der Waals surface area contributed by atoms with E-state index in [-0.39, 0.29) is 17.5 Å². The first-order valence-corrected chi connectivity index (χ1v) is 12.7. The number of amides is 1. The van der Waals surface area contributed by atoms with E-state index in [1.165, 1.54) is 0 Å². The molecule has 0 radical (unpaired) electrons. The Kier molecular flexibility index (Phi) is 5.89. The number of benzene rings is 1. The minimum Gasteiger partial charge on any atom is -0.465 e. The molecule has 9 heteroatoms. The standard InChI is InChI=1S/C27H31N5O4/c1-17-13-24-22(25-23(26(33)29-24)15-28-32(25)19-5-11-35-12-6-19)14-21(17)27(34)31-9-7-30(8-10-31)16-20-4-3-18(2)36-20/h3-4,13-15,19H,5-12,16H2,1-2H3,(H,29,33). The van der Waals surface area contributed by atoms with Gasteiger partial charge in [0.25, 0.3) is 11.5 Å². The fraction of sp³-hybridized carbons (Fsp3) is 0.444. The van der Waals surface area contributed by atoms with Crippen molar-refractivity contribution in [3.8, 4) is 0 Å². The first kappa shape index (κ1) is 23.0. The number of aromatic nitrogens is 3. The molecular formula is C27H31N5O4. The van der Waals surface area contributed by atoms with Gasteiger partial charge < -0.3 is 19.0 Å². The number of rotatable bonds is 4. The van der Waals surface area contributed by atoms with Crippen molar-refractivity contribution in [1.29, 1.82) is 0 Å². The van der Waals surface area contributed by atoms with Gasteiger partial charge in [-0.1, -0.05) is 0 Å². The Morgan fingerprint density at radius 2 is 1.86 bits per heavy atom. The zero-order valence-electron chi connectivity index (χ0n) is 20.7. The maximum absolute atomic E-state index is 13.6. The molecule has 5 heterocycles. The van der Waals surface area contributed by atoms with E-state index in [0.29, 0.717) is 37.3 Å². The quantitative estimate of drug-likeness (QED) is 0.472. The third kappa shape index (κ3) is 4.12. The minimum atomic E-state index is -0.155. The maximum Gasteiger partial charge on any atom is 0.259 e. The summed E-state index contributed by atoms with van der Waals surface area (Å²) in [6.07, 6.45) is 3.35. The second kappa shape index (κ2) is 9.22. The molecule has 2 fully saturated rings. The van der Waals surface area contributed by atoms with Crippen LogP contribution in [-0.4, -0.2) is 69.9 Å². The maximum atomic E-state index is 13.6. The van der Waals surface area contributed by atoms with Gasteiger partial charge in [0.2, 0.25) is 0 Å². The van der Waals surface area contributed by atoms with Crippen LogP contribution in [0.15, 0.2) is 39.7 Å². The van der Waals surface area contributed by atoms with Gasteiger partial charge in [0, 0.05) is 50.3 Å². The molecule has 0 bridgehead atoms. The van der Waals surface area contributed by atoms with E-state index in [4.69, 9.17) is 9.15 Å². The van der Waals surface area contributed by atoms with Crippen molar-refractivity contribution in [1.82, 2.24) is 24.6 Å². The highest BCUT2D eigenvalue weighted by Gasteiger charge is 2.26. The molecule has 6 rings (SSSR count). The highest BCUT2D eigenvalue weighted by atomic mass is 16.5. The molecule has 2 saturated heterocycles. The number of pyridine rings is 1. The molecule has 0 spiro atoms. The molecule has 0 saturated carbocycles. The summed E-state index contributed by atoms with van der Waals surface area (Å²) in [5, 5.41) is 6.00. The Balaban J connectivity index is 1.30. The van der Waals surface area contributed by atoms with Gasteiger partial charge in [0.05, 0.1) is 35.2 Å². The molecule has 4 aromatic rings. The second-order valence-electron chi connectivity index (χ2n) is 9.94. The molecule has 0 atom stereocenters. The predicted octanol–water partition coefficient (Wildman–Crippen LogP) is 3.40. The van der Waals surface area contributed by atoms with Crippen LogP contribution in [0.5, 0.6) is 0 Å². The molecule has 1 amide bonds. The molecule has 1 N–H and O–H groups in total. The SMILES string of the molecule is Cc1ccc(CN2CCN(C(=O)c3cc4c(cc3C)[nH]c(=O)c3cnn(C5CCOCC5)c34)CC2)o1. The summed E-state index contributed by atoms with van der Waals surface area (Å²) < 4.78 is 13.2. The van der Waals surface area contributed by atoms with Crippen LogP contribution in [-0.2, 0) is 11.3 Å². The zero-order chi connectivity index (χ0) is 24.8. The number of ether oxygens (including phenoxy) is 1. The van der Waals surface area contributed by atoms with Crippen LogP contribution >= 0.6 is 0 Å². The van der Waals surface area contributed by atoms with Crippen molar-refractivity contribution in [2.24, 2.45) is 0 Å². The molecule has 36 heavy (non-hydrogen) atoms. The number of piperazine rings is 1. The Morgan fingerprint density at radius 3 is 2.58 bits per heavy atom. The molecule has 3 aromatic heterocycles. The summed E-state index contributed by atoms with van der Waals surface area (Å²) in [5.74, 6) is 1.90. The Bertz CT molecular complexity index is 1490. The van der Waals surface area contributed by atoms with Gasteiger partial charge in [-0.15, -0.1) is 0 Å². The number of aryl methyl sites for hydroxylation is 2. The third-order valence-corrected chi connectivity index (χ3v) is 7.51. The van der Waals surface area contributed by atoms with E-state index >= 15 is 0 Å². The number of hydrogen-bond donors (Lipinski definition) is 1. The Hall–Kier alpha value is -3.43. The number of furan rings is 1. The van der Waals surface area contributed by atoms with Crippen LogP contribution in [0.2, 0.25) is 0 Å². The third-order valence-electron chi connectivity index (χ3n) is 7.51. The molecule has 9 nitrogen and oxygen atoms in total. The van der Waals surface area contributed by atoms with Gasteiger partial charge in [0.15, 0.2) is 0 Å². The second-order valence-corrected chi connectivity index (χ2v) is 9.94. The molecule has 2 aliphatic heterocycles. The number of nitrogens with one attached hydrogen (secondary N) is 1. The summed E-state index contributed by atoms with van der Waals surface area (Å²) >= 11 is 0. The first-order valence-electron chi connectivity index (χ1n) is 12.7. The monoisotopic (exact) mass is 489 g/mol.